The largest absolute Gasteiger partial charge is 0.463 e. The first-order valence-electron chi connectivity index (χ1n) is 9.78. The van der Waals surface area contributed by atoms with Gasteiger partial charge in [-0.3, -0.25) is 0 Å². The Balaban J connectivity index is 0.000000237. The highest BCUT2D eigenvalue weighted by molar-refractivity contribution is 5.27. The van der Waals surface area contributed by atoms with Crippen LogP contribution in [-0.4, -0.2) is 6.86 Å². The van der Waals surface area contributed by atoms with Crippen LogP contribution in [0.5, 0.6) is 5.75 Å². The van der Waals surface area contributed by atoms with Gasteiger partial charge in [0.15, 0.2) is 17.5 Å². The molecule has 0 spiro atoms. The van der Waals surface area contributed by atoms with Crippen molar-refractivity contribution in [1.29, 1.82) is 0 Å². The van der Waals surface area contributed by atoms with Gasteiger partial charge in [0.1, 0.15) is 5.75 Å². The molecule has 0 N–H and O–H groups in total. The highest BCUT2D eigenvalue weighted by atomic mass is 19.2. The molecule has 0 bridgehead atoms. The Hall–Kier alpha value is -2.04. The summed E-state index contributed by atoms with van der Waals surface area (Å²) in [7, 11) is 0. The molecule has 0 atom stereocenters. The molecule has 0 radical (unpaired) electrons. The standard InChI is InChI=1S/C16H23FO.C7H5F3/c1-13-2-4-14(5-3-13)6-7-15-8-10-16(11-9-15)18-12-17;1-4-2-3-5(8)7(10)6(4)9/h8-11,13-14H,2-7,12H2,1H3;2-3H,1H3. The summed E-state index contributed by atoms with van der Waals surface area (Å²) in [4.78, 5) is 0. The Morgan fingerprint density at radius 1 is 0.893 bits per heavy atom. The lowest BCUT2D eigenvalue weighted by Gasteiger charge is -2.26. The molecule has 5 heteroatoms. The summed E-state index contributed by atoms with van der Waals surface area (Å²) >= 11 is 0. The third kappa shape index (κ3) is 6.84. The molecule has 0 heterocycles. The topological polar surface area (TPSA) is 9.23 Å². The number of halogens is 4. The van der Waals surface area contributed by atoms with E-state index in [4.69, 9.17) is 4.74 Å². The van der Waals surface area contributed by atoms with E-state index in [2.05, 4.69) is 19.1 Å². The van der Waals surface area contributed by atoms with Crippen molar-refractivity contribution in [3.05, 3.63) is 65.0 Å². The Kier molecular flexibility index (Phi) is 8.81. The van der Waals surface area contributed by atoms with Gasteiger partial charge < -0.3 is 4.74 Å². The molecule has 154 valence electrons. The number of rotatable bonds is 5. The summed E-state index contributed by atoms with van der Waals surface area (Å²) in [5.41, 5.74) is 1.44. The Bertz CT molecular complexity index is 695. The SMILES string of the molecule is CC1CCC(CCc2ccc(OCF)cc2)CC1.Cc1ccc(F)c(F)c1F. The van der Waals surface area contributed by atoms with E-state index in [0.717, 1.165) is 24.3 Å². The molecule has 0 amide bonds. The summed E-state index contributed by atoms with van der Waals surface area (Å²) in [5, 5.41) is 0. The zero-order valence-corrected chi connectivity index (χ0v) is 16.5. The van der Waals surface area contributed by atoms with Gasteiger partial charge in [0.25, 0.3) is 0 Å². The van der Waals surface area contributed by atoms with Crippen molar-refractivity contribution in [2.45, 2.75) is 52.4 Å². The average Bonchev–Trinajstić information content (AvgIpc) is 2.71. The van der Waals surface area contributed by atoms with Gasteiger partial charge in [0.05, 0.1) is 0 Å². The predicted octanol–water partition coefficient (Wildman–Crippen LogP) is 7.16. The van der Waals surface area contributed by atoms with Crippen LogP contribution in [-0.2, 0) is 6.42 Å². The van der Waals surface area contributed by atoms with E-state index in [9.17, 15) is 17.6 Å². The number of alkyl halides is 1. The molecule has 28 heavy (non-hydrogen) atoms. The van der Waals surface area contributed by atoms with Gasteiger partial charge in [0.2, 0.25) is 6.86 Å². The maximum absolute atomic E-state index is 12.4. The van der Waals surface area contributed by atoms with Crippen molar-refractivity contribution >= 4 is 0 Å². The molecule has 1 fully saturated rings. The summed E-state index contributed by atoms with van der Waals surface area (Å²) in [5.74, 6) is -1.21. The minimum Gasteiger partial charge on any atom is -0.463 e. The van der Waals surface area contributed by atoms with E-state index >= 15 is 0 Å². The molecule has 0 aliphatic heterocycles. The third-order valence-corrected chi connectivity index (χ3v) is 5.35. The molecular weight excluding hydrogens is 368 g/mol. The Morgan fingerprint density at radius 2 is 1.54 bits per heavy atom. The summed E-state index contributed by atoms with van der Waals surface area (Å²) in [6, 6.07) is 9.91. The molecule has 1 aliphatic carbocycles. The van der Waals surface area contributed by atoms with E-state index in [1.54, 1.807) is 0 Å². The van der Waals surface area contributed by atoms with Crippen molar-refractivity contribution < 1.29 is 22.3 Å². The molecule has 0 saturated heterocycles. The maximum atomic E-state index is 12.4. The predicted molar refractivity (Wildman–Crippen MR) is 104 cm³/mol. The number of benzene rings is 2. The van der Waals surface area contributed by atoms with Gasteiger partial charge in [-0.2, -0.15) is 0 Å². The van der Waals surface area contributed by atoms with Gasteiger partial charge in [0, 0.05) is 0 Å². The van der Waals surface area contributed by atoms with Crippen molar-refractivity contribution in [1.82, 2.24) is 0 Å². The lowest BCUT2D eigenvalue weighted by atomic mass is 9.80. The van der Waals surface area contributed by atoms with Crippen molar-refractivity contribution in [2.24, 2.45) is 11.8 Å². The van der Waals surface area contributed by atoms with Crippen LogP contribution in [0.25, 0.3) is 0 Å². The highest BCUT2D eigenvalue weighted by Crippen LogP contribution is 2.31. The smallest absolute Gasteiger partial charge is 0.228 e. The molecule has 1 aliphatic rings. The highest BCUT2D eigenvalue weighted by Gasteiger charge is 2.17. The molecule has 2 aromatic carbocycles. The van der Waals surface area contributed by atoms with Gasteiger partial charge in [-0.05, 0) is 60.9 Å². The monoisotopic (exact) mass is 396 g/mol. The van der Waals surface area contributed by atoms with E-state index in [0.29, 0.717) is 5.75 Å². The fourth-order valence-corrected chi connectivity index (χ4v) is 3.43. The second kappa shape index (κ2) is 11.1. The van der Waals surface area contributed by atoms with Crippen LogP contribution in [0.4, 0.5) is 17.6 Å². The van der Waals surface area contributed by atoms with Crippen LogP contribution in [0.2, 0.25) is 0 Å². The van der Waals surface area contributed by atoms with Crippen LogP contribution < -0.4 is 4.74 Å². The number of ether oxygens (including phenoxy) is 1. The molecule has 2 aromatic rings. The normalized spacial score (nSPS) is 18.9. The first-order chi connectivity index (χ1) is 13.4. The Labute approximate surface area is 164 Å². The lowest BCUT2D eigenvalue weighted by Crippen LogP contribution is -2.12. The quantitative estimate of drug-likeness (QED) is 0.385. The molecule has 3 rings (SSSR count). The number of hydrogen-bond donors (Lipinski definition) is 0. The first-order valence-corrected chi connectivity index (χ1v) is 9.78. The summed E-state index contributed by atoms with van der Waals surface area (Å²) in [6.07, 6.45) is 8.00. The summed E-state index contributed by atoms with van der Waals surface area (Å²) < 4.78 is 53.5. The van der Waals surface area contributed by atoms with E-state index in [1.807, 2.05) is 12.1 Å². The minimum atomic E-state index is -1.40. The molecule has 0 aromatic heterocycles. The van der Waals surface area contributed by atoms with Gasteiger partial charge >= 0.3 is 0 Å². The fraction of sp³-hybridized carbons (Fsp3) is 0.478. The molecule has 0 unspecified atom stereocenters. The van der Waals surface area contributed by atoms with Crippen LogP contribution in [0, 0.1) is 36.2 Å². The molecular formula is C23H28F4O. The third-order valence-electron chi connectivity index (χ3n) is 5.35. The number of aryl methyl sites for hydroxylation is 2. The summed E-state index contributed by atoms with van der Waals surface area (Å²) in [6.45, 7) is 2.98. The van der Waals surface area contributed by atoms with Crippen molar-refractivity contribution in [3.8, 4) is 5.75 Å². The molecule has 1 saturated carbocycles. The van der Waals surface area contributed by atoms with Gasteiger partial charge in [-0.1, -0.05) is 50.8 Å². The van der Waals surface area contributed by atoms with E-state index < -0.39 is 24.3 Å². The van der Waals surface area contributed by atoms with Crippen LogP contribution in [0.15, 0.2) is 36.4 Å². The van der Waals surface area contributed by atoms with E-state index in [1.165, 1.54) is 50.7 Å². The number of hydrogen-bond acceptors (Lipinski definition) is 1. The average molecular weight is 396 g/mol. The van der Waals surface area contributed by atoms with Crippen molar-refractivity contribution in [3.63, 3.8) is 0 Å². The molecule has 1 nitrogen and oxygen atoms in total. The zero-order chi connectivity index (χ0) is 20.5. The zero-order valence-electron chi connectivity index (χ0n) is 16.5. The van der Waals surface area contributed by atoms with Crippen LogP contribution in [0.3, 0.4) is 0 Å². The minimum absolute atomic E-state index is 0.110. The van der Waals surface area contributed by atoms with Gasteiger partial charge in [-0.25, -0.2) is 17.6 Å². The maximum Gasteiger partial charge on any atom is 0.228 e. The first kappa shape index (κ1) is 22.3. The second-order valence-electron chi connectivity index (χ2n) is 7.55. The van der Waals surface area contributed by atoms with Crippen LogP contribution >= 0.6 is 0 Å². The fourth-order valence-electron chi connectivity index (χ4n) is 3.43. The van der Waals surface area contributed by atoms with E-state index in [-0.39, 0.29) is 5.56 Å². The van der Waals surface area contributed by atoms with Gasteiger partial charge in [-0.15, -0.1) is 0 Å². The Morgan fingerprint density at radius 3 is 2.11 bits per heavy atom. The van der Waals surface area contributed by atoms with Crippen molar-refractivity contribution in [2.75, 3.05) is 6.86 Å². The van der Waals surface area contributed by atoms with Crippen LogP contribution in [0.1, 0.15) is 50.2 Å². The lowest BCUT2D eigenvalue weighted by molar-refractivity contribution is 0.191. The second-order valence-corrected chi connectivity index (χ2v) is 7.55.